The minimum absolute atomic E-state index is 0.0224. The van der Waals surface area contributed by atoms with Crippen LogP contribution in [-0.4, -0.2) is 35.3 Å². The Balaban J connectivity index is 2.25. The average molecular weight is 430 g/mol. The van der Waals surface area contributed by atoms with Crippen molar-refractivity contribution in [2.24, 2.45) is 0 Å². The normalized spacial score (nSPS) is 12.0. The number of ether oxygens (including phenoxy) is 2. The largest absolute Gasteiger partial charge is 0.497 e. The second kappa shape index (κ2) is 9.22. The maximum absolute atomic E-state index is 12.4. The number of rotatable bonds is 8. The molecule has 30 heavy (non-hydrogen) atoms. The van der Waals surface area contributed by atoms with E-state index < -0.39 is 17.9 Å². The van der Waals surface area contributed by atoms with Crippen LogP contribution in [0, 0.1) is 0 Å². The van der Waals surface area contributed by atoms with E-state index in [1.54, 1.807) is 33.1 Å². The quantitative estimate of drug-likeness (QED) is 0.527. The molecule has 1 unspecified atom stereocenters. The van der Waals surface area contributed by atoms with Gasteiger partial charge in [0.05, 0.1) is 26.1 Å². The molecule has 0 saturated carbocycles. The van der Waals surface area contributed by atoms with E-state index >= 15 is 0 Å². The topological polar surface area (TPSA) is 77.8 Å². The zero-order valence-electron chi connectivity index (χ0n) is 17.1. The van der Waals surface area contributed by atoms with E-state index in [9.17, 15) is 14.7 Å². The van der Waals surface area contributed by atoms with Gasteiger partial charge >= 0.3 is 11.9 Å². The van der Waals surface area contributed by atoms with Crippen LogP contribution in [0.4, 0.5) is 0 Å². The van der Waals surface area contributed by atoms with E-state index in [0.29, 0.717) is 28.6 Å². The lowest BCUT2D eigenvalue weighted by molar-refractivity contribution is -0.142. The molecular weight excluding hydrogens is 406 g/mol. The molecule has 1 N–H and O–H groups in total. The molecule has 0 saturated heterocycles. The molecule has 0 aliphatic rings. The number of fused-ring (bicyclic) bond motifs is 1. The standard InChI is InChI=1S/C23H24ClNO5/c1-4-30-21(26)12-20-22(14(2)23(27)28)18-11-17(29-3)9-10-19(18)25(20)13-15-5-7-16(24)8-6-15/h5-11,14H,4,12-13H2,1-3H3,(H,27,28). The van der Waals surface area contributed by atoms with Crippen molar-refractivity contribution >= 4 is 34.4 Å². The molecular formula is C23H24ClNO5. The molecule has 1 atom stereocenters. The fourth-order valence-electron chi connectivity index (χ4n) is 3.64. The minimum atomic E-state index is -0.964. The van der Waals surface area contributed by atoms with E-state index in [1.165, 1.54) is 0 Å². The number of aromatic nitrogens is 1. The molecule has 7 heteroatoms. The van der Waals surface area contributed by atoms with Crippen molar-refractivity contribution in [1.82, 2.24) is 4.57 Å². The molecule has 0 aliphatic carbocycles. The number of hydrogen-bond acceptors (Lipinski definition) is 4. The number of carbonyl (C=O) groups excluding carboxylic acids is 1. The molecule has 158 valence electrons. The first-order chi connectivity index (χ1) is 14.3. The number of aliphatic carboxylic acids is 1. The minimum Gasteiger partial charge on any atom is -0.497 e. The smallest absolute Gasteiger partial charge is 0.311 e. The van der Waals surface area contributed by atoms with Crippen LogP contribution < -0.4 is 4.74 Å². The summed E-state index contributed by atoms with van der Waals surface area (Å²) < 4.78 is 12.5. The van der Waals surface area contributed by atoms with Crippen LogP contribution in [0.25, 0.3) is 10.9 Å². The van der Waals surface area contributed by atoms with Gasteiger partial charge in [0.1, 0.15) is 5.75 Å². The van der Waals surface area contributed by atoms with Crippen molar-refractivity contribution in [3.05, 3.63) is 64.3 Å². The van der Waals surface area contributed by atoms with Gasteiger partial charge in [0.15, 0.2) is 0 Å². The number of carboxylic acid groups (broad SMARTS) is 1. The summed E-state index contributed by atoms with van der Waals surface area (Å²) in [5, 5.41) is 11.1. The van der Waals surface area contributed by atoms with Gasteiger partial charge in [-0.3, -0.25) is 9.59 Å². The SMILES string of the molecule is CCOC(=O)Cc1c(C(C)C(=O)O)c2cc(OC)ccc2n1Cc1ccc(Cl)cc1. The molecule has 3 rings (SSSR count). The van der Waals surface area contributed by atoms with Crippen LogP contribution in [0.1, 0.15) is 36.6 Å². The lowest BCUT2D eigenvalue weighted by Crippen LogP contribution is -2.16. The van der Waals surface area contributed by atoms with E-state index in [0.717, 1.165) is 16.5 Å². The summed E-state index contributed by atoms with van der Waals surface area (Å²) in [6, 6.07) is 12.9. The highest BCUT2D eigenvalue weighted by atomic mass is 35.5. The van der Waals surface area contributed by atoms with Crippen LogP contribution in [0.15, 0.2) is 42.5 Å². The molecule has 0 spiro atoms. The Hall–Kier alpha value is -2.99. The van der Waals surface area contributed by atoms with Crippen LogP contribution in [-0.2, 0) is 27.3 Å². The van der Waals surface area contributed by atoms with Crippen molar-refractivity contribution < 1.29 is 24.2 Å². The van der Waals surface area contributed by atoms with E-state index in [2.05, 4.69) is 0 Å². The summed E-state index contributed by atoms with van der Waals surface area (Å²) in [6.45, 7) is 4.08. The van der Waals surface area contributed by atoms with E-state index in [4.69, 9.17) is 21.1 Å². The number of carbonyl (C=O) groups is 2. The van der Waals surface area contributed by atoms with Crippen molar-refractivity contribution in [3.8, 4) is 5.75 Å². The molecule has 0 bridgehead atoms. The number of halogens is 1. The number of nitrogens with zero attached hydrogens (tertiary/aromatic N) is 1. The predicted octanol–water partition coefficient (Wildman–Crippen LogP) is 4.65. The van der Waals surface area contributed by atoms with Gasteiger partial charge in [-0.15, -0.1) is 0 Å². The molecule has 0 aliphatic heterocycles. The van der Waals surface area contributed by atoms with Gasteiger partial charge in [-0.1, -0.05) is 23.7 Å². The third kappa shape index (κ3) is 4.44. The average Bonchev–Trinajstić information content (AvgIpc) is 3.01. The Morgan fingerprint density at radius 2 is 1.87 bits per heavy atom. The fourth-order valence-corrected chi connectivity index (χ4v) is 3.76. The Morgan fingerprint density at radius 3 is 2.47 bits per heavy atom. The Bertz CT molecular complexity index is 1070. The molecule has 6 nitrogen and oxygen atoms in total. The van der Waals surface area contributed by atoms with Gasteiger partial charge < -0.3 is 19.1 Å². The fraction of sp³-hybridized carbons (Fsp3) is 0.304. The first-order valence-corrected chi connectivity index (χ1v) is 10.0. The van der Waals surface area contributed by atoms with Gasteiger partial charge in [-0.25, -0.2) is 0 Å². The number of methoxy groups -OCH3 is 1. The molecule has 0 amide bonds. The summed E-state index contributed by atoms with van der Waals surface area (Å²) in [5.74, 6) is -1.56. The Labute approximate surface area is 180 Å². The Kier molecular flexibility index (Phi) is 6.67. The maximum atomic E-state index is 12.4. The predicted molar refractivity (Wildman–Crippen MR) is 115 cm³/mol. The van der Waals surface area contributed by atoms with Crippen molar-refractivity contribution in [2.75, 3.05) is 13.7 Å². The van der Waals surface area contributed by atoms with E-state index in [-0.39, 0.29) is 13.0 Å². The summed E-state index contributed by atoms with van der Waals surface area (Å²) in [4.78, 5) is 24.3. The third-order valence-corrected chi connectivity index (χ3v) is 5.35. The van der Waals surface area contributed by atoms with E-state index in [1.807, 2.05) is 34.9 Å². The lowest BCUT2D eigenvalue weighted by Gasteiger charge is -2.14. The van der Waals surface area contributed by atoms with Gasteiger partial charge in [-0.2, -0.15) is 0 Å². The second-order valence-electron chi connectivity index (χ2n) is 7.00. The number of carboxylic acids is 1. The molecule has 3 aromatic rings. The summed E-state index contributed by atoms with van der Waals surface area (Å²) in [7, 11) is 1.56. The lowest BCUT2D eigenvalue weighted by atomic mass is 9.96. The highest BCUT2D eigenvalue weighted by Gasteiger charge is 2.27. The highest BCUT2D eigenvalue weighted by molar-refractivity contribution is 6.30. The number of benzene rings is 2. The third-order valence-electron chi connectivity index (χ3n) is 5.10. The van der Waals surface area contributed by atoms with Crippen LogP contribution >= 0.6 is 11.6 Å². The van der Waals surface area contributed by atoms with Gasteiger partial charge in [0.2, 0.25) is 0 Å². The molecule has 2 aromatic carbocycles. The zero-order chi connectivity index (χ0) is 21.8. The highest BCUT2D eigenvalue weighted by Crippen LogP contribution is 2.36. The molecule has 0 fully saturated rings. The maximum Gasteiger partial charge on any atom is 0.311 e. The summed E-state index contributed by atoms with van der Waals surface area (Å²) >= 11 is 6.01. The zero-order valence-corrected chi connectivity index (χ0v) is 17.9. The van der Waals surface area contributed by atoms with Crippen LogP contribution in [0.2, 0.25) is 5.02 Å². The second-order valence-corrected chi connectivity index (χ2v) is 7.43. The van der Waals surface area contributed by atoms with Gasteiger partial charge in [0.25, 0.3) is 0 Å². The molecule has 1 aromatic heterocycles. The molecule has 0 radical (unpaired) electrons. The van der Waals surface area contributed by atoms with Crippen molar-refractivity contribution in [3.63, 3.8) is 0 Å². The van der Waals surface area contributed by atoms with Crippen molar-refractivity contribution in [2.45, 2.75) is 32.7 Å². The van der Waals surface area contributed by atoms with Crippen LogP contribution in [0.3, 0.4) is 0 Å². The summed E-state index contributed by atoms with van der Waals surface area (Å²) in [6.07, 6.45) is -0.0224. The van der Waals surface area contributed by atoms with Crippen LogP contribution in [0.5, 0.6) is 5.75 Å². The first-order valence-electron chi connectivity index (χ1n) is 9.67. The Morgan fingerprint density at radius 1 is 1.17 bits per heavy atom. The number of esters is 1. The monoisotopic (exact) mass is 429 g/mol. The van der Waals surface area contributed by atoms with Crippen molar-refractivity contribution in [1.29, 1.82) is 0 Å². The summed E-state index contributed by atoms with van der Waals surface area (Å²) in [5.41, 5.74) is 3.03. The van der Waals surface area contributed by atoms with Gasteiger partial charge in [-0.05, 0) is 55.3 Å². The first kappa shape index (κ1) is 21.7. The van der Waals surface area contributed by atoms with Gasteiger partial charge in [0, 0.05) is 28.2 Å². The molecule has 1 heterocycles. The number of hydrogen-bond donors (Lipinski definition) is 1.